The molecule has 0 spiro atoms. The number of aromatic nitrogens is 1. The van der Waals surface area contributed by atoms with Crippen LogP contribution in [0.4, 0.5) is 0 Å². The molecule has 1 atom stereocenters. The monoisotopic (exact) mass is 517 g/mol. The topological polar surface area (TPSA) is 83.7 Å². The van der Waals surface area contributed by atoms with Crippen LogP contribution in [0.2, 0.25) is 0 Å². The normalized spacial score (nSPS) is 17.3. The summed E-state index contributed by atoms with van der Waals surface area (Å²) in [6.45, 7) is 0. The molecule has 3 aromatic rings. The Hall–Kier alpha value is -3.48. The van der Waals surface area contributed by atoms with Gasteiger partial charge >= 0.3 is 0 Å². The van der Waals surface area contributed by atoms with Crippen molar-refractivity contribution in [2.45, 2.75) is 82.3 Å². The highest BCUT2D eigenvalue weighted by Crippen LogP contribution is 2.38. The van der Waals surface area contributed by atoms with Crippen molar-refractivity contribution < 1.29 is 19.1 Å². The number of para-hydroxylation sites is 1. The molecule has 0 aliphatic heterocycles. The maximum absolute atomic E-state index is 14.2. The third-order valence-electron chi connectivity index (χ3n) is 8.24. The predicted molar refractivity (Wildman–Crippen MR) is 148 cm³/mol. The molecule has 0 bridgehead atoms. The third-order valence-corrected chi connectivity index (χ3v) is 8.24. The van der Waals surface area contributed by atoms with Crippen LogP contribution < -0.4 is 14.8 Å². The van der Waals surface area contributed by atoms with Crippen molar-refractivity contribution in [1.82, 2.24) is 15.2 Å². The van der Waals surface area contributed by atoms with Gasteiger partial charge in [0.1, 0.15) is 17.5 Å². The molecule has 2 aliphatic rings. The maximum Gasteiger partial charge on any atom is 0.247 e. The smallest absolute Gasteiger partial charge is 0.247 e. The zero-order chi connectivity index (χ0) is 26.5. The molecule has 1 heterocycles. The van der Waals surface area contributed by atoms with Gasteiger partial charge < -0.3 is 24.7 Å². The van der Waals surface area contributed by atoms with Crippen molar-refractivity contribution in [3.63, 3.8) is 0 Å². The summed E-state index contributed by atoms with van der Waals surface area (Å²) in [4.78, 5) is 33.6. The van der Waals surface area contributed by atoms with Crippen LogP contribution in [0.25, 0.3) is 10.9 Å². The highest BCUT2D eigenvalue weighted by molar-refractivity contribution is 5.93. The number of carbonyl (C=O) groups excluding carboxylic acids is 2. The second-order valence-corrected chi connectivity index (χ2v) is 10.6. The van der Waals surface area contributed by atoms with Gasteiger partial charge in [-0.3, -0.25) is 9.59 Å². The largest absolute Gasteiger partial charge is 0.497 e. The first-order valence-corrected chi connectivity index (χ1v) is 14.0. The van der Waals surface area contributed by atoms with Crippen LogP contribution in [0.3, 0.4) is 0 Å². The summed E-state index contributed by atoms with van der Waals surface area (Å²) in [5, 5.41) is 4.36. The Morgan fingerprint density at radius 2 is 1.71 bits per heavy atom. The van der Waals surface area contributed by atoms with Gasteiger partial charge in [0.25, 0.3) is 0 Å². The quantitative estimate of drug-likeness (QED) is 0.382. The molecule has 0 unspecified atom stereocenters. The molecular weight excluding hydrogens is 478 g/mol. The first-order valence-electron chi connectivity index (χ1n) is 14.0. The van der Waals surface area contributed by atoms with Gasteiger partial charge in [0.15, 0.2) is 0 Å². The lowest BCUT2D eigenvalue weighted by molar-refractivity contribution is -0.143. The zero-order valence-corrected chi connectivity index (χ0v) is 22.5. The van der Waals surface area contributed by atoms with Gasteiger partial charge in [-0.1, -0.05) is 50.3 Å². The van der Waals surface area contributed by atoms with Crippen molar-refractivity contribution in [2.24, 2.45) is 0 Å². The van der Waals surface area contributed by atoms with Crippen LogP contribution in [-0.4, -0.2) is 48.0 Å². The molecule has 1 aromatic heterocycles. The van der Waals surface area contributed by atoms with Crippen molar-refractivity contribution in [3.05, 3.63) is 59.8 Å². The van der Waals surface area contributed by atoms with Crippen molar-refractivity contribution in [1.29, 1.82) is 0 Å². The van der Waals surface area contributed by atoms with E-state index in [1.54, 1.807) is 20.3 Å². The molecule has 2 N–H and O–H groups in total. The number of H-pyrrole nitrogens is 1. The molecule has 7 heteroatoms. The number of hydrogen-bond acceptors (Lipinski definition) is 4. The van der Waals surface area contributed by atoms with Crippen LogP contribution >= 0.6 is 0 Å². The lowest BCUT2D eigenvalue weighted by Gasteiger charge is -2.38. The Bertz CT molecular complexity index is 1260. The number of rotatable bonds is 9. The Labute approximate surface area is 224 Å². The van der Waals surface area contributed by atoms with E-state index >= 15 is 0 Å². The number of nitrogens with one attached hydrogen (secondary N) is 2. The molecule has 2 aliphatic carbocycles. The summed E-state index contributed by atoms with van der Waals surface area (Å²) < 4.78 is 11.2. The summed E-state index contributed by atoms with van der Waals surface area (Å²) in [6, 6.07) is 12.9. The molecule has 7 nitrogen and oxygen atoms in total. The predicted octanol–water partition coefficient (Wildman–Crippen LogP) is 5.69. The minimum atomic E-state index is -0.779. The van der Waals surface area contributed by atoms with Crippen LogP contribution in [0.1, 0.15) is 75.0 Å². The molecule has 0 radical (unpaired) electrons. The van der Waals surface area contributed by atoms with E-state index in [2.05, 4.69) is 10.3 Å². The summed E-state index contributed by atoms with van der Waals surface area (Å²) in [7, 11) is 3.21. The third kappa shape index (κ3) is 5.52. The number of hydrogen-bond donors (Lipinski definition) is 2. The molecule has 2 saturated carbocycles. The maximum atomic E-state index is 14.2. The van der Waals surface area contributed by atoms with Crippen LogP contribution in [0, 0.1) is 0 Å². The van der Waals surface area contributed by atoms with Crippen LogP contribution in [0.5, 0.6) is 11.5 Å². The van der Waals surface area contributed by atoms with E-state index in [1.807, 2.05) is 47.5 Å². The SMILES string of the molecule is COc1ccc([C@H](C(=O)NC2CCCCC2)N(C(=O)Cc2c[nH]c3ccccc23)C2CCCC2)c(OC)c1. The van der Waals surface area contributed by atoms with E-state index < -0.39 is 6.04 Å². The molecular formula is C31H39N3O4. The van der Waals surface area contributed by atoms with Gasteiger partial charge in [-0.25, -0.2) is 0 Å². The van der Waals surface area contributed by atoms with Crippen molar-refractivity contribution >= 4 is 22.7 Å². The van der Waals surface area contributed by atoms with E-state index in [0.717, 1.165) is 67.8 Å². The van der Waals surface area contributed by atoms with Crippen molar-refractivity contribution in [2.75, 3.05) is 14.2 Å². The number of fused-ring (bicyclic) bond motifs is 1. The molecule has 202 valence electrons. The summed E-state index contributed by atoms with van der Waals surface area (Å²) >= 11 is 0. The fourth-order valence-electron chi connectivity index (χ4n) is 6.26. The van der Waals surface area contributed by atoms with E-state index in [4.69, 9.17) is 9.47 Å². The Kier molecular flexibility index (Phi) is 8.20. The first-order chi connectivity index (χ1) is 18.6. The average molecular weight is 518 g/mol. The summed E-state index contributed by atoms with van der Waals surface area (Å²) in [5.41, 5.74) is 2.65. The van der Waals surface area contributed by atoms with Gasteiger partial charge in [-0.05, 0) is 49.4 Å². The van der Waals surface area contributed by atoms with E-state index in [0.29, 0.717) is 17.1 Å². The minimum absolute atomic E-state index is 0.00150. The number of amides is 2. The average Bonchev–Trinajstić information content (AvgIpc) is 3.62. The van der Waals surface area contributed by atoms with Crippen molar-refractivity contribution in [3.8, 4) is 11.5 Å². The van der Waals surface area contributed by atoms with E-state index in [1.165, 1.54) is 6.42 Å². The van der Waals surface area contributed by atoms with Gasteiger partial charge in [0, 0.05) is 40.8 Å². The van der Waals surface area contributed by atoms with Crippen LogP contribution in [0.15, 0.2) is 48.7 Å². The zero-order valence-electron chi connectivity index (χ0n) is 22.5. The first kappa shape index (κ1) is 26.1. The Morgan fingerprint density at radius 3 is 2.45 bits per heavy atom. The van der Waals surface area contributed by atoms with Gasteiger partial charge in [-0.15, -0.1) is 0 Å². The summed E-state index contributed by atoms with van der Waals surface area (Å²) in [6.07, 6.45) is 11.4. The Balaban J connectivity index is 1.54. The highest BCUT2D eigenvalue weighted by Gasteiger charge is 2.39. The molecule has 2 amide bonds. The molecule has 2 aromatic carbocycles. The lowest BCUT2D eigenvalue weighted by atomic mass is 9.94. The second kappa shape index (κ2) is 11.9. The molecule has 2 fully saturated rings. The Morgan fingerprint density at radius 1 is 0.974 bits per heavy atom. The van der Waals surface area contributed by atoms with E-state index in [-0.39, 0.29) is 30.3 Å². The second-order valence-electron chi connectivity index (χ2n) is 10.6. The fourth-order valence-corrected chi connectivity index (χ4v) is 6.26. The fraction of sp³-hybridized carbons (Fsp3) is 0.484. The molecule has 5 rings (SSSR count). The van der Waals surface area contributed by atoms with Gasteiger partial charge in [-0.2, -0.15) is 0 Å². The summed E-state index contributed by atoms with van der Waals surface area (Å²) in [5.74, 6) is 1.04. The number of benzene rings is 2. The van der Waals surface area contributed by atoms with E-state index in [9.17, 15) is 9.59 Å². The number of aromatic amines is 1. The molecule has 38 heavy (non-hydrogen) atoms. The number of ether oxygens (including phenoxy) is 2. The number of methoxy groups -OCH3 is 2. The van der Waals surface area contributed by atoms with Gasteiger partial charge in [0.05, 0.1) is 20.6 Å². The standard InChI is InChI=1S/C31H39N3O4/c1-37-24-16-17-26(28(19-24)38-2)30(31(36)33-22-10-4-3-5-11-22)34(23-12-6-7-13-23)29(35)18-21-20-32-27-15-9-8-14-25(21)27/h8-9,14-17,19-20,22-23,30,32H,3-7,10-13,18H2,1-2H3,(H,33,36)/t30-/m1/s1. The molecule has 0 saturated heterocycles. The minimum Gasteiger partial charge on any atom is -0.497 e. The highest BCUT2D eigenvalue weighted by atomic mass is 16.5. The van der Waals surface area contributed by atoms with Gasteiger partial charge in [0.2, 0.25) is 11.8 Å². The lowest BCUT2D eigenvalue weighted by Crippen LogP contribution is -2.50. The number of carbonyl (C=O) groups is 2. The van der Waals surface area contributed by atoms with Crippen LogP contribution in [-0.2, 0) is 16.0 Å². The number of nitrogens with zero attached hydrogens (tertiary/aromatic N) is 1.